The van der Waals surface area contributed by atoms with E-state index in [9.17, 15) is 4.79 Å². The van der Waals surface area contributed by atoms with Crippen molar-refractivity contribution in [2.45, 2.75) is 32.1 Å². The topological polar surface area (TPSA) is 38.3 Å². The normalized spacial score (nSPS) is 31.0. The van der Waals surface area contributed by atoms with Gasteiger partial charge in [-0.25, -0.2) is 0 Å². The Morgan fingerprint density at radius 1 is 1.43 bits per heavy atom. The second kappa shape index (κ2) is 5.99. The number of ether oxygens (including phenoxy) is 1. The average molecular weight is 352 g/mol. The Morgan fingerprint density at radius 3 is 2.86 bits per heavy atom. The van der Waals surface area contributed by atoms with Crippen LogP contribution in [0.4, 0.5) is 5.69 Å². The van der Waals surface area contributed by atoms with Crippen molar-refractivity contribution in [2.75, 3.05) is 19.0 Å². The van der Waals surface area contributed by atoms with E-state index in [1.165, 1.54) is 20.0 Å². The Kier molecular flexibility index (Phi) is 4.25. The molecule has 3 aliphatic rings. The lowest BCUT2D eigenvalue weighted by Crippen LogP contribution is -2.50. The van der Waals surface area contributed by atoms with Crippen molar-refractivity contribution in [1.29, 1.82) is 0 Å². The fraction of sp³-hybridized carbons (Fsp3) is 0.588. The van der Waals surface area contributed by atoms with Gasteiger partial charge in [-0.05, 0) is 62.1 Å². The number of rotatable bonds is 4. The molecule has 0 heterocycles. The van der Waals surface area contributed by atoms with Crippen LogP contribution < -0.4 is 5.32 Å². The van der Waals surface area contributed by atoms with Gasteiger partial charge in [-0.1, -0.05) is 22.0 Å². The molecule has 0 radical (unpaired) electrons. The molecule has 0 saturated heterocycles. The molecule has 1 aromatic carbocycles. The Hall–Kier alpha value is -1.03. The van der Waals surface area contributed by atoms with Crippen LogP contribution in [0.15, 0.2) is 28.7 Å². The summed E-state index contributed by atoms with van der Waals surface area (Å²) in [6.45, 7) is 0.849. The predicted molar refractivity (Wildman–Crippen MR) is 87.1 cm³/mol. The van der Waals surface area contributed by atoms with Gasteiger partial charge in [0.1, 0.15) is 0 Å². The first-order valence-corrected chi connectivity index (χ1v) is 8.51. The zero-order chi connectivity index (χ0) is 14.9. The number of carbonyl (C=O) groups excluding carboxylic acids is 1. The van der Waals surface area contributed by atoms with Crippen LogP contribution in [0.5, 0.6) is 0 Å². The second-order valence-corrected chi connectivity index (χ2v) is 7.33. The second-order valence-electron chi connectivity index (χ2n) is 6.41. The molecule has 1 unspecified atom stereocenters. The highest BCUT2D eigenvalue weighted by Gasteiger charge is 2.53. The average Bonchev–Trinajstić information content (AvgIpc) is 2.53. The van der Waals surface area contributed by atoms with E-state index in [1.807, 2.05) is 12.1 Å². The van der Waals surface area contributed by atoms with Crippen molar-refractivity contribution in [1.82, 2.24) is 0 Å². The Bertz CT molecular complexity index is 523. The summed E-state index contributed by atoms with van der Waals surface area (Å²) in [5, 5.41) is 3.51. The molecule has 0 aromatic heterocycles. The van der Waals surface area contributed by atoms with Gasteiger partial charge in [0.05, 0.1) is 12.5 Å². The summed E-state index contributed by atoms with van der Waals surface area (Å²) >= 11 is 3.49. The summed E-state index contributed by atoms with van der Waals surface area (Å²) in [7, 11) is 1.52. The molecule has 0 aliphatic heterocycles. The number of hydrogen-bond donors (Lipinski definition) is 1. The molecule has 1 N–H and O–H groups in total. The van der Waals surface area contributed by atoms with Gasteiger partial charge < -0.3 is 10.1 Å². The number of anilines is 1. The van der Waals surface area contributed by atoms with Gasteiger partial charge in [-0.15, -0.1) is 0 Å². The maximum atomic E-state index is 12.4. The van der Waals surface area contributed by atoms with Crippen LogP contribution >= 0.6 is 15.9 Å². The minimum atomic E-state index is -0.248. The first kappa shape index (κ1) is 14.9. The Labute approximate surface area is 134 Å². The molecular weight excluding hydrogens is 330 g/mol. The standard InChI is InChI=1S/C17H22BrNO2/c1-21-16(20)17-7-5-12(6-8-17)9-13(17)11-19-15-4-2-3-14(18)10-15/h2-4,10,12-13,19H,5-9,11H2,1H3. The smallest absolute Gasteiger partial charge is 0.312 e. The summed E-state index contributed by atoms with van der Waals surface area (Å²) < 4.78 is 6.21. The van der Waals surface area contributed by atoms with Crippen LogP contribution in [0.1, 0.15) is 32.1 Å². The number of benzene rings is 1. The lowest BCUT2D eigenvalue weighted by atomic mass is 9.55. The van der Waals surface area contributed by atoms with Crippen LogP contribution in [0.2, 0.25) is 0 Å². The molecule has 2 bridgehead atoms. The number of hydrogen-bond acceptors (Lipinski definition) is 3. The number of nitrogens with one attached hydrogen (secondary N) is 1. The number of carbonyl (C=O) groups is 1. The zero-order valence-electron chi connectivity index (χ0n) is 12.4. The van der Waals surface area contributed by atoms with Crippen molar-refractivity contribution >= 4 is 27.6 Å². The third kappa shape index (κ3) is 2.83. The predicted octanol–water partition coefficient (Wildman–Crippen LogP) is 4.23. The largest absolute Gasteiger partial charge is 0.469 e. The lowest BCUT2D eigenvalue weighted by Gasteiger charge is -2.50. The van der Waals surface area contributed by atoms with E-state index in [0.29, 0.717) is 5.92 Å². The molecule has 114 valence electrons. The van der Waals surface area contributed by atoms with Crippen LogP contribution in [0.25, 0.3) is 0 Å². The van der Waals surface area contributed by atoms with E-state index in [2.05, 4.69) is 33.4 Å². The van der Waals surface area contributed by atoms with Gasteiger partial charge in [0.25, 0.3) is 0 Å². The molecule has 3 fully saturated rings. The van der Waals surface area contributed by atoms with Gasteiger partial charge in [-0.2, -0.15) is 0 Å². The van der Waals surface area contributed by atoms with Gasteiger partial charge >= 0.3 is 5.97 Å². The van der Waals surface area contributed by atoms with Crippen molar-refractivity contribution in [3.8, 4) is 0 Å². The maximum absolute atomic E-state index is 12.4. The Morgan fingerprint density at radius 2 is 2.19 bits per heavy atom. The van der Waals surface area contributed by atoms with Gasteiger partial charge in [-0.3, -0.25) is 4.79 Å². The molecule has 0 amide bonds. The van der Waals surface area contributed by atoms with Gasteiger partial charge in [0.15, 0.2) is 0 Å². The fourth-order valence-electron chi connectivity index (χ4n) is 4.16. The van der Waals surface area contributed by atoms with Gasteiger partial charge in [0.2, 0.25) is 0 Å². The molecule has 0 spiro atoms. The van der Waals surface area contributed by atoms with Gasteiger partial charge in [0, 0.05) is 16.7 Å². The lowest BCUT2D eigenvalue weighted by molar-refractivity contribution is -0.165. The maximum Gasteiger partial charge on any atom is 0.312 e. The first-order valence-electron chi connectivity index (χ1n) is 7.72. The molecule has 21 heavy (non-hydrogen) atoms. The fourth-order valence-corrected chi connectivity index (χ4v) is 4.56. The molecule has 1 aromatic rings. The van der Waals surface area contributed by atoms with Crippen LogP contribution in [0.3, 0.4) is 0 Å². The summed E-state index contributed by atoms with van der Waals surface area (Å²) in [6.07, 6.45) is 5.51. The molecule has 4 rings (SSSR count). The molecule has 3 saturated carbocycles. The highest BCUT2D eigenvalue weighted by atomic mass is 79.9. The molecular formula is C17H22BrNO2. The first-order chi connectivity index (χ1) is 10.1. The Balaban J connectivity index is 1.72. The molecule has 1 atom stereocenters. The van der Waals surface area contributed by atoms with Crippen molar-refractivity contribution in [3.63, 3.8) is 0 Å². The summed E-state index contributed by atoms with van der Waals surface area (Å²) in [4.78, 5) is 12.4. The van der Waals surface area contributed by atoms with E-state index >= 15 is 0 Å². The highest BCUT2D eigenvalue weighted by molar-refractivity contribution is 9.10. The summed E-state index contributed by atoms with van der Waals surface area (Å²) in [5.74, 6) is 1.18. The number of methoxy groups -OCH3 is 1. The third-order valence-corrected chi connectivity index (χ3v) is 5.86. The van der Waals surface area contributed by atoms with Crippen molar-refractivity contribution < 1.29 is 9.53 Å². The van der Waals surface area contributed by atoms with E-state index in [0.717, 1.165) is 41.9 Å². The molecule has 4 heteroatoms. The number of halogens is 1. The van der Waals surface area contributed by atoms with E-state index < -0.39 is 0 Å². The van der Waals surface area contributed by atoms with Crippen LogP contribution in [-0.4, -0.2) is 19.6 Å². The number of esters is 1. The number of fused-ring (bicyclic) bond motifs is 3. The van der Waals surface area contributed by atoms with E-state index in [1.54, 1.807) is 0 Å². The third-order valence-electron chi connectivity index (χ3n) is 5.37. The van der Waals surface area contributed by atoms with Crippen molar-refractivity contribution in [2.24, 2.45) is 17.3 Å². The monoisotopic (exact) mass is 351 g/mol. The van der Waals surface area contributed by atoms with E-state index in [-0.39, 0.29) is 11.4 Å². The highest BCUT2D eigenvalue weighted by Crippen LogP contribution is 2.54. The molecule has 3 aliphatic carbocycles. The summed E-state index contributed by atoms with van der Waals surface area (Å²) in [5.41, 5.74) is 0.855. The SMILES string of the molecule is COC(=O)C12CCC(CC1)CC2CNc1cccc(Br)c1. The zero-order valence-corrected chi connectivity index (χ0v) is 14.0. The quantitative estimate of drug-likeness (QED) is 0.824. The van der Waals surface area contributed by atoms with Crippen LogP contribution in [-0.2, 0) is 9.53 Å². The van der Waals surface area contributed by atoms with E-state index in [4.69, 9.17) is 4.74 Å². The van der Waals surface area contributed by atoms with Crippen LogP contribution in [0, 0.1) is 17.3 Å². The molecule has 3 nitrogen and oxygen atoms in total. The summed E-state index contributed by atoms with van der Waals surface area (Å²) in [6, 6.07) is 8.18. The minimum Gasteiger partial charge on any atom is -0.469 e. The minimum absolute atomic E-state index is 0.00157. The van der Waals surface area contributed by atoms with Crippen molar-refractivity contribution in [3.05, 3.63) is 28.7 Å².